The molecule has 0 heteroatoms. The van der Waals surface area contributed by atoms with Crippen molar-refractivity contribution in [3.8, 4) is 11.1 Å². The van der Waals surface area contributed by atoms with E-state index < -0.39 is 0 Å². The summed E-state index contributed by atoms with van der Waals surface area (Å²) in [6.07, 6.45) is 1.85. The Morgan fingerprint density at radius 1 is 0.733 bits per heavy atom. The minimum absolute atomic E-state index is 1.04. The standard InChI is InChI=1S/C15H13/c1-3-13-6-10-15(11-7-13)14-8-4-12(2)5-9-14/h3-11H,1-2H2. The molecule has 0 aliphatic carbocycles. The van der Waals surface area contributed by atoms with Crippen molar-refractivity contribution in [2.24, 2.45) is 0 Å². The number of hydrogen-bond donors (Lipinski definition) is 0. The molecule has 0 spiro atoms. The van der Waals surface area contributed by atoms with Gasteiger partial charge in [-0.2, -0.15) is 0 Å². The van der Waals surface area contributed by atoms with Crippen LogP contribution in [0.25, 0.3) is 17.2 Å². The van der Waals surface area contributed by atoms with Crippen molar-refractivity contribution in [2.75, 3.05) is 0 Å². The Labute approximate surface area is 90.9 Å². The first kappa shape index (κ1) is 9.72. The molecular formula is C15H13. The lowest BCUT2D eigenvalue weighted by atomic mass is 10.0. The predicted octanol–water partition coefficient (Wildman–Crippen LogP) is 4.18. The lowest BCUT2D eigenvalue weighted by Gasteiger charge is -2.02. The maximum Gasteiger partial charge on any atom is -0.0184 e. The highest BCUT2D eigenvalue weighted by Gasteiger charge is 1.96. The van der Waals surface area contributed by atoms with Gasteiger partial charge in [0.2, 0.25) is 0 Å². The Kier molecular flexibility index (Phi) is 2.68. The van der Waals surface area contributed by atoms with Crippen LogP contribution in [0.1, 0.15) is 11.1 Å². The summed E-state index contributed by atoms with van der Waals surface area (Å²) in [4.78, 5) is 0. The maximum absolute atomic E-state index is 3.87. The predicted molar refractivity (Wildman–Crippen MR) is 66.4 cm³/mol. The molecule has 0 unspecified atom stereocenters. The molecule has 0 atom stereocenters. The van der Waals surface area contributed by atoms with E-state index in [1.165, 1.54) is 11.1 Å². The van der Waals surface area contributed by atoms with E-state index in [1.807, 2.05) is 18.2 Å². The molecule has 0 aliphatic rings. The van der Waals surface area contributed by atoms with Gasteiger partial charge in [-0.3, -0.25) is 0 Å². The van der Waals surface area contributed by atoms with E-state index in [2.05, 4.69) is 49.9 Å². The molecular weight excluding hydrogens is 180 g/mol. The summed E-state index contributed by atoms with van der Waals surface area (Å²) in [5.41, 5.74) is 4.63. The number of hydrogen-bond acceptors (Lipinski definition) is 0. The molecule has 2 aromatic rings. The van der Waals surface area contributed by atoms with Gasteiger partial charge in [0.1, 0.15) is 0 Å². The van der Waals surface area contributed by atoms with E-state index in [4.69, 9.17) is 0 Å². The van der Waals surface area contributed by atoms with E-state index in [0.29, 0.717) is 0 Å². The Morgan fingerprint density at radius 3 is 1.67 bits per heavy atom. The van der Waals surface area contributed by atoms with Gasteiger partial charge in [0.15, 0.2) is 0 Å². The smallest absolute Gasteiger partial charge is 0.0184 e. The van der Waals surface area contributed by atoms with Crippen LogP contribution in [0.2, 0.25) is 0 Å². The second kappa shape index (κ2) is 4.14. The SMILES string of the molecule is [CH2]c1ccc(-c2ccc(C=C)cc2)cc1. The first-order valence-corrected chi connectivity index (χ1v) is 4.94. The molecule has 0 aromatic heterocycles. The zero-order valence-corrected chi connectivity index (χ0v) is 8.61. The van der Waals surface area contributed by atoms with Gasteiger partial charge in [-0.1, -0.05) is 61.2 Å². The molecule has 2 aromatic carbocycles. The van der Waals surface area contributed by atoms with Gasteiger partial charge in [-0.05, 0) is 29.2 Å². The zero-order valence-electron chi connectivity index (χ0n) is 8.61. The normalized spacial score (nSPS) is 9.93. The van der Waals surface area contributed by atoms with Crippen molar-refractivity contribution in [1.29, 1.82) is 0 Å². The molecule has 0 saturated heterocycles. The van der Waals surface area contributed by atoms with Gasteiger partial charge in [-0.15, -0.1) is 0 Å². The van der Waals surface area contributed by atoms with Crippen molar-refractivity contribution in [1.82, 2.24) is 0 Å². The molecule has 0 nitrogen and oxygen atoms in total. The van der Waals surface area contributed by atoms with Gasteiger partial charge >= 0.3 is 0 Å². The molecule has 0 bridgehead atoms. The third-order valence-corrected chi connectivity index (χ3v) is 2.43. The monoisotopic (exact) mass is 193 g/mol. The van der Waals surface area contributed by atoms with Gasteiger partial charge in [0, 0.05) is 0 Å². The molecule has 0 heterocycles. The van der Waals surface area contributed by atoms with Gasteiger partial charge < -0.3 is 0 Å². The second-order valence-electron chi connectivity index (χ2n) is 3.52. The van der Waals surface area contributed by atoms with E-state index in [0.717, 1.165) is 11.1 Å². The van der Waals surface area contributed by atoms with Crippen LogP contribution >= 0.6 is 0 Å². The van der Waals surface area contributed by atoms with Gasteiger partial charge in [0.05, 0.1) is 0 Å². The Balaban J connectivity index is 2.37. The van der Waals surface area contributed by atoms with Crippen LogP contribution in [0.3, 0.4) is 0 Å². The number of rotatable bonds is 2. The Hall–Kier alpha value is -1.82. The summed E-state index contributed by atoms with van der Waals surface area (Å²) in [6.45, 7) is 7.61. The van der Waals surface area contributed by atoms with Crippen LogP contribution in [0.15, 0.2) is 55.1 Å². The maximum atomic E-state index is 3.87. The third-order valence-electron chi connectivity index (χ3n) is 2.43. The highest BCUT2D eigenvalue weighted by atomic mass is 14.0. The second-order valence-corrected chi connectivity index (χ2v) is 3.52. The van der Waals surface area contributed by atoms with Gasteiger partial charge in [0.25, 0.3) is 0 Å². The fourth-order valence-corrected chi connectivity index (χ4v) is 1.51. The van der Waals surface area contributed by atoms with Crippen LogP contribution in [0, 0.1) is 6.92 Å². The van der Waals surface area contributed by atoms with Crippen molar-refractivity contribution in [3.63, 3.8) is 0 Å². The molecule has 1 radical (unpaired) electrons. The van der Waals surface area contributed by atoms with Crippen LogP contribution in [0.5, 0.6) is 0 Å². The molecule has 0 amide bonds. The lowest BCUT2D eigenvalue weighted by Crippen LogP contribution is -1.79. The Bertz CT molecular complexity index is 446. The number of benzene rings is 2. The quantitative estimate of drug-likeness (QED) is 0.671. The first-order valence-electron chi connectivity index (χ1n) is 4.94. The first-order chi connectivity index (χ1) is 7.29. The molecule has 0 saturated carbocycles. The zero-order chi connectivity index (χ0) is 10.7. The molecule has 0 N–H and O–H groups in total. The van der Waals surface area contributed by atoms with Crippen LogP contribution in [0.4, 0.5) is 0 Å². The van der Waals surface area contributed by atoms with Crippen molar-refractivity contribution in [2.45, 2.75) is 0 Å². The largest absolute Gasteiger partial charge is 0.0985 e. The highest BCUT2D eigenvalue weighted by molar-refractivity contribution is 5.65. The molecule has 0 fully saturated rings. The van der Waals surface area contributed by atoms with E-state index in [1.54, 1.807) is 0 Å². The minimum Gasteiger partial charge on any atom is -0.0985 e. The fraction of sp³-hybridized carbons (Fsp3) is 0. The summed E-state index contributed by atoms with van der Waals surface area (Å²) in [7, 11) is 0. The average Bonchev–Trinajstić information content (AvgIpc) is 2.30. The Morgan fingerprint density at radius 2 is 1.20 bits per heavy atom. The van der Waals surface area contributed by atoms with E-state index >= 15 is 0 Å². The molecule has 2 rings (SSSR count). The fourth-order valence-electron chi connectivity index (χ4n) is 1.51. The summed E-state index contributed by atoms with van der Waals surface area (Å²) >= 11 is 0. The summed E-state index contributed by atoms with van der Waals surface area (Å²) < 4.78 is 0. The molecule has 0 aliphatic heterocycles. The summed E-state index contributed by atoms with van der Waals surface area (Å²) in [5, 5.41) is 0. The highest BCUT2D eigenvalue weighted by Crippen LogP contribution is 2.20. The van der Waals surface area contributed by atoms with E-state index in [-0.39, 0.29) is 0 Å². The van der Waals surface area contributed by atoms with Crippen molar-refractivity contribution < 1.29 is 0 Å². The average molecular weight is 193 g/mol. The third kappa shape index (κ3) is 2.16. The molecule has 15 heavy (non-hydrogen) atoms. The molecule has 73 valence electrons. The summed E-state index contributed by atoms with van der Waals surface area (Å²) in [5.74, 6) is 0. The van der Waals surface area contributed by atoms with Crippen molar-refractivity contribution in [3.05, 3.63) is 73.2 Å². The lowest BCUT2D eigenvalue weighted by molar-refractivity contribution is 1.57. The topological polar surface area (TPSA) is 0 Å². The van der Waals surface area contributed by atoms with Crippen LogP contribution in [-0.2, 0) is 0 Å². The van der Waals surface area contributed by atoms with Crippen LogP contribution in [-0.4, -0.2) is 0 Å². The van der Waals surface area contributed by atoms with Crippen molar-refractivity contribution >= 4 is 6.08 Å². The van der Waals surface area contributed by atoms with Gasteiger partial charge in [-0.25, -0.2) is 0 Å². The summed E-state index contributed by atoms with van der Waals surface area (Å²) in [6, 6.07) is 16.6. The van der Waals surface area contributed by atoms with E-state index in [9.17, 15) is 0 Å². The minimum atomic E-state index is 1.04. The van der Waals surface area contributed by atoms with Crippen LogP contribution < -0.4 is 0 Å².